The molecule has 2 N–H and O–H groups in total. The van der Waals surface area contributed by atoms with E-state index in [1.54, 1.807) is 35.1 Å². The number of carbonyl (C=O) groups is 2. The number of imidazole rings is 1. The van der Waals surface area contributed by atoms with Gasteiger partial charge >= 0.3 is 6.18 Å². The zero-order valence-electron chi connectivity index (χ0n) is 26.3. The van der Waals surface area contributed by atoms with Gasteiger partial charge in [-0.15, -0.1) is 5.10 Å². The van der Waals surface area contributed by atoms with E-state index in [0.29, 0.717) is 16.9 Å². The second-order valence-electron chi connectivity index (χ2n) is 12.2. The highest BCUT2D eigenvalue weighted by Gasteiger charge is 2.48. The van der Waals surface area contributed by atoms with Crippen molar-refractivity contribution < 1.29 is 32.6 Å². The van der Waals surface area contributed by atoms with Crippen LogP contribution < -0.4 is 10.9 Å². The van der Waals surface area contributed by atoms with Gasteiger partial charge in [0.2, 0.25) is 11.7 Å². The molecule has 0 aliphatic carbocycles. The minimum atomic E-state index is -4.62. The van der Waals surface area contributed by atoms with Gasteiger partial charge in [-0.2, -0.15) is 22.7 Å². The quantitative estimate of drug-likeness (QED) is 0.265. The second-order valence-corrected chi connectivity index (χ2v) is 12.6. The van der Waals surface area contributed by atoms with Gasteiger partial charge in [-0.1, -0.05) is 11.6 Å². The number of aromatic nitrogens is 7. The molecule has 1 aromatic carbocycles. The summed E-state index contributed by atoms with van der Waals surface area (Å²) < 4.78 is 50.3. The Morgan fingerprint density at radius 1 is 1.06 bits per heavy atom. The predicted molar refractivity (Wildman–Crippen MR) is 174 cm³/mol. The molecule has 14 nitrogen and oxygen atoms in total. The maximum Gasteiger partial charge on any atom is 0.416 e. The molecule has 51 heavy (non-hydrogen) atoms. The fraction of sp³-hybridized carbons (Fsp3) is 0.242. The number of fused-ring (bicyclic) bond motifs is 4. The molecule has 0 saturated carbocycles. The van der Waals surface area contributed by atoms with Crippen LogP contribution in [0.25, 0.3) is 22.8 Å². The van der Waals surface area contributed by atoms with E-state index in [-0.39, 0.29) is 71.9 Å². The lowest BCUT2D eigenvalue weighted by molar-refractivity contribution is -0.137. The zero-order chi connectivity index (χ0) is 35.7. The number of piperidine rings is 1. The molecule has 5 aromatic heterocycles. The van der Waals surface area contributed by atoms with E-state index in [1.165, 1.54) is 27.8 Å². The van der Waals surface area contributed by atoms with E-state index in [4.69, 9.17) is 16.3 Å². The number of aromatic hydroxyl groups is 1. The van der Waals surface area contributed by atoms with Crippen molar-refractivity contribution in [1.29, 1.82) is 0 Å². The van der Waals surface area contributed by atoms with Crippen LogP contribution in [-0.4, -0.2) is 68.4 Å². The van der Waals surface area contributed by atoms with Crippen LogP contribution in [0.15, 0.2) is 72.0 Å². The summed E-state index contributed by atoms with van der Waals surface area (Å²) >= 11 is 6.11. The maximum absolute atomic E-state index is 14.3. The monoisotopic (exact) mass is 719 g/mol. The fourth-order valence-electron chi connectivity index (χ4n) is 6.63. The SMILES string of the molecule is O=C(Cn1c2c(c(=O)n3nc(-c4ccn5ccnc5c4)nc13)C1(CCN(C(=O)c3ncccc3O)CC1)OC2)Nc1ccc(C(F)(F)F)cc1Cl. The van der Waals surface area contributed by atoms with Gasteiger partial charge in [0, 0.05) is 43.4 Å². The highest BCUT2D eigenvalue weighted by atomic mass is 35.5. The van der Waals surface area contributed by atoms with Gasteiger partial charge in [-0.3, -0.25) is 14.4 Å². The molecule has 2 aliphatic rings. The highest BCUT2D eigenvalue weighted by Crippen LogP contribution is 2.43. The molecular weight excluding hydrogens is 695 g/mol. The first-order valence-electron chi connectivity index (χ1n) is 15.6. The van der Waals surface area contributed by atoms with Gasteiger partial charge in [-0.25, -0.2) is 9.97 Å². The number of anilines is 1. The molecule has 1 fully saturated rings. The van der Waals surface area contributed by atoms with Crippen LogP contribution in [0, 0.1) is 0 Å². The summed E-state index contributed by atoms with van der Waals surface area (Å²) in [5, 5.41) is 17.0. The molecule has 0 bridgehead atoms. The van der Waals surface area contributed by atoms with Crippen molar-refractivity contribution >= 4 is 40.5 Å². The number of rotatable bonds is 5. The Morgan fingerprint density at radius 3 is 2.61 bits per heavy atom. The van der Waals surface area contributed by atoms with Crippen molar-refractivity contribution in [3.8, 4) is 17.1 Å². The topological polar surface area (TPSA) is 161 Å². The first-order chi connectivity index (χ1) is 24.4. The number of halogens is 4. The number of nitrogens with one attached hydrogen (secondary N) is 1. The van der Waals surface area contributed by atoms with Gasteiger partial charge in [0.25, 0.3) is 11.5 Å². The van der Waals surface area contributed by atoms with Gasteiger partial charge < -0.3 is 29.0 Å². The van der Waals surface area contributed by atoms with Crippen molar-refractivity contribution in [3.63, 3.8) is 0 Å². The molecule has 0 radical (unpaired) electrons. The standard InChI is InChI=1S/C33H25ClF3N9O5/c34-20-15-19(33(35,36)37)3-4-21(20)40-25(48)16-45-22-17-51-32(6-11-44(12-7-32)30(50)27-23(47)2-1-8-39-27)26(22)29(49)46-31(45)41-28(42-46)18-5-10-43-13-9-38-24(43)14-18/h1-5,8-10,13-15,47H,6-7,11-12,16-17H2,(H,40,48). The molecule has 0 unspecified atom stereocenters. The van der Waals surface area contributed by atoms with E-state index in [9.17, 15) is 32.7 Å². The summed E-state index contributed by atoms with van der Waals surface area (Å²) in [7, 11) is 0. The van der Waals surface area contributed by atoms with Crippen molar-refractivity contribution in [2.75, 3.05) is 18.4 Å². The summed E-state index contributed by atoms with van der Waals surface area (Å²) in [5.41, 5.74) is -0.960. The minimum Gasteiger partial charge on any atom is -0.505 e. The van der Waals surface area contributed by atoms with Crippen LogP contribution >= 0.6 is 11.6 Å². The Morgan fingerprint density at radius 2 is 1.86 bits per heavy atom. The Balaban J connectivity index is 1.17. The number of pyridine rings is 2. The minimum absolute atomic E-state index is 0.0320. The van der Waals surface area contributed by atoms with Crippen molar-refractivity contribution in [2.45, 2.75) is 37.8 Å². The molecule has 0 atom stereocenters. The molecule has 2 amide bonds. The van der Waals surface area contributed by atoms with Crippen LogP contribution in [0.3, 0.4) is 0 Å². The number of amides is 2. The molecule has 2 aliphatic heterocycles. The molecule has 6 aromatic rings. The van der Waals surface area contributed by atoms with E-state index < -0.39 is 41.3 Å². The molecular formula is C33H25ClF3N9O5. The molecule has 8 rings (SSSR count). The Hall–Kier alpha value is -5.81. The lowest BCUT2D eigenvalue weighted by Gasteiger charge is -2.38. The van der Waals surface area contributed by atoms with Gasteiger partial charge in [0.1, 0.15) is 23.5 Å². The highest BCUT2D eigenvalue weighted by molar-refractivity contribution is 6.33. The Bertz CT molecular complexity index is 2450. The number of hydrogen-bond acceptors (Lipinski definition) is 9. The second kappa shape index (κ2) is 11.9. The number of nitrogens with zero attached hydrogens (tertiary/aromatic N) is 8. The third-order valence-corrected chi connectivity index (χ3v) is 9.48. The summed E-state index contributed by atoms with van der Waals surface area (Å²) in [5.74, 6) is -1.16. The van der Waals surface area contributed by atoms with Crippen molar-refractivity contribution in [1.82, 2.24) is 38.4 Å². The normalized spacial score (nSPS) is 15.5. The third kappa shape index (κ3) is 5.54. The first-order valence-corrected chi connectivity index (χ1v) is 16.0. The van der Waals surface area contributed by atoms with Crippen LogP contribution in [0.5, 0.6) is 5.75 Å². The molecule has 1 spiro atoms. The number of likely N-dealkylation sites (tertiary alicyclic amines) is 1. The number of hydrogen-bond donors (Lipinski definition) is 2. The Labute approximate surface area is 289 Å². The van der Waals surface area contributed by atoms with Crippen molar-refractivity contribution in [3.05, 3.63) is 105 Å². The zero-order valence-corrected chi connectivity index (χ0v) is 27.0. The van der Waals surface area contributed by atoms with E-state index in [0.717, 1.165) is 22.7 Å². The van der Waals surface area contributed by atoms with Gasteiger partial charge in [-0.05, 0) is 55.3 Å². The molecule has 1 saturated heterocycles. The lowest BCUT2D eigenvalue weighted by Crippen LogP contribution is -2.47. The number of benzene rings is 1. The van der Waals surface area contributed by atoms with E-state index in [2.05, 4.69) is 25.4 Å². The average molecular weight is 720 g/mol. The first kappa shape index (κ1) is 32.4. The summed E-state index contributed by atoms with van der Waals surface area (Å²) in [6.45, 7) is -0.159. The average Bonchev–Trinajstić information content (AvgIpc) is 3.85. The number of carbonyl (C=O) groups excluding carboxylic acids is 2. The third-order valence-electron chi connectivity index (χ3n) is 9.17. The lowest BCUT2D eigenvalue weighted by atomic mass is 9.85. The van der Waals surface area contributed by atoms with E-state index in [1.807, 2.05) is 0 Å². The molecule has 260 valence electrons. The predicted octanol–water partition coefficient (Wildman–Crippen LogP) is 4.28. The van der Waals surface area contributed by atoms with Crippen LogP contribution in [0.1, 0.15) is 40.2 Å². The van der Waals surface area contributed by atoms with Crippen LogP contribution in [0.4, 0.5) is 18.9 Å². The van der Waals surface area contributed by atoms with Crippen LogP contribution in [0.2, 0.25) is 5.02 Å². The maximum atomic E-state index is 14.3. The molecule has 18 heteroatoms. The summed E-state index contributed by atoms with van der Waals surface area (Å²) in [4.78, 5) is 55.5. The van der Waals surface area contributed by atoms with Crippen molar-refractivity contribution in [2.24, 2.45) is 0 Å². The largest absolute Gasteiger partial charge is 0.505 e. The smallest absolute Gasteiger partial charge is 0.416 e. The summed E-state index contributed by atoms with van der Waals surface area (Å²) in [6.07, 6.45) is 2.37. The van der Waals surface area contributed by atoms with E-state index >= 15 is 0 Å². The fourth-order valence-corrected chi connectivity index (χ4v) is 6.85. The number of ether oxygens (including phenoxy) is 1. The number of alkyl halides is 3. The Kier molecular flexibility index (Phi) is 7.57. The van der Waals surface area contributed by atoms with Gasteiger partial charge in [0.15, 0.2) is 11.5 Å². The summed E-state index contributed by atoms with van der Waals surface area (Å²) in [6, 6.07) is 8.97. The molecule has 7 heterocycles. The van der Waals surface area contributed by atoms with Gasteiger partial charge in [0.05, 0.1) is 34.1 Å². The van der Waals surface area contributed by atoms with Crippen LogP contribution in [-0.2, 0) is 34.5 Å².